The summed E-state index contributed by atoms with van der Waals surface area (Å²) in [6.45, 7) is 4.75. The maximum atomic E-state index is 14.4. The third kappa shape index (κ3) is 4.66. The van der Waals surface area contributed by atoms with Crippen molar-refractivity contribution in [1.82, 2.24) is 19.3 Å². The van der Waals surface area contributed by atoms with Gasteiger partial charge in [-0.25, -0.2) is 13.8 Å². The molecular weight excluding hydrogens is 508 g/mol. The second kappa shape index (κ2) is 9.86. The lowest BCUT2D eigenvalue weighted by molar-refractivity contribution is 0.102. The number of amides is 1. The zero-order valence-electron chi connectivity index (χ0n) is 21.8. The summed E-state index contributed by atoms with van der Waals surface area (Å²) in [5.41, 5.74) is 6.42. The molecule has 1 saturated heterocycles. The van der Waals surface area contributed by atoms with E-state index >= 15 is 0 Å². The highest BCUT2D eigenvalue weighted by molar-refractivity contribution is 6.08. The van der Waals surface area contributed by atoms with E-state index in [-0.39, 0.29) is 18.2 Å². The number of rotatable bonds is 6. The van der Waals surface area contributed by atoms with Crippen molar-refractivity contribution in [3.63, 3.8) is 0 Å². The van der Waals surface area contributed by atoms with Crippen LogP contribution in [0.1, 0.15) is 42.5 Å². The van der Waals surface area contributed by atoms with Gasteiger partial charge in [-0.05, 0) is 36.8 Å². The van der Waals surface area contributed by atoms with Crippen LogP contribution in [0.2, 0.25) is 0 Å². The van der Waals surface area contributed by atoms with E-state index in [0.717, 1.165) is 29.5 Å². The Bertz CT molecular complexity index is 1630. The molecule has 10 nitrogen and oxygen atoms in total. The smallest absolute Gasteiger partial charge is 0.276 e. The first-order chi connectivity index (χ1) is 18.5. The van der Waals surface area contributed by atoms with Crippen LogP contribution in [0.3, 0.4) is 0 Å². The van der Waals surface area contributed by atoms with E-state index in [1.165, 1.54) is 12.1 Å². The van der Waals surface area contributed by atoms with Gasteiger partial charge in [-0.1, -0.05) is 19.9 Å². The number of imidazole rings is 1. The first kappa shape index (κ1) is 26.4. The van der Waals surface area contributed by atoms with E-state index in [0.29, 0.717) is 41.1 Å². The van der Waals surface area contributed by atoms with E-state index in [9.17, 15) is 23.5 Å². The van der Waals surface area contributed by atoms with Gasteiger partial charge in [-0.2, -0.15) is 9.78 Å². The van der Waals surface area contributed by atoms with Crippen molar-refractivity contribution in [2.24, 2.45) is 12.8 Å². The minimum absolute atomic E-state index is 0.141. The summed E-state index contributed by atoms with van der Waals surface area (Å²) in [4.78, 5) is 32.6. The molecule has 0 radical (unpaired) electrons. The molecule has 0 bridgehead atoms. The second-order valence-corrected chi connectivity index (χ2v) is 10.2. The van der Waals surface area contributed by atoms with Gasteiger partial charge in [0.2, 0.25) is 0 Å². The number of carbonyl (C=O) groups is 1. The van der Waals surface area contributed by atoms with Gasteiger partial charge >= 0.3 is 0 Å². The number of halogens is 2. The summed E-state index contributed by atoms with van der Waals surface area (Å²) in [6, 6.07) is 8.96. The largest absolute Gasteiger partial charge is 0.394 e. The van der Waals surface area contributed by atoms with E-state index in [4.69, 9.17) is 10.7 Å². The van der Waals surface area contributed by atoms with Crippen molar-refractivity contribution in [3.8, 4) is 5.69 Å². The summed E-state index contributed by atoms with van der Waals surface area (Å²) >= 11 is 0. The number of aryl methyl sites for hydroxylation is 1. The Morgan fingerprint density at radius 2 is 1.87 bits per heavy atom. The first-order valence-electron chi connectivity index (χ1n) is 12.5. The number of nitrogens with one attached hydrogen (secondary N) is 1. The summed E-state index contributed by atoms with van der Waals surface area (Å²) in [5.74, 6) is -1.68. The summed E-state index contributed by atoms with van der Waals surface area (Å²) in [6.07, 6.45) is 0.540. The Hall–Kier alpha value is -4.16. The third-order valence-electron chi connectivity index (χ3n) is 7.02. The van der Waals surface area contributed by atoms with Crippen LogP contribution >= 0.6 is 0 Å². The highest BCUT2D eigenvalue weighted by Gasteiger charge is 2.36. The topological polar surface area (TPSA) is 131 Å². The maximum Gasteiger partial charge on any atom is 0.276 e. The highest BCUT2D eigenvalue weighted by atomic mass is 19.1. The van der Waals surface area contributed by atoms with Crippen molar-refractivity contribution in [3.05, 3.63) is 76.0 Å². The fraction of sp³-hybridized carbons (Fsp3) is 0.333. The number of hydrogen-bond acceptors (Lipinski definition) is 7. The molecule has 1 aliphatic rings. The quantitative estimate of drug-likeness (QED) is 0.345. The monoisotopic (exact) mass is 537 g/mol. The Morgan fingerprint density at radius 1 is 1.15 bits per heavy atom. The predicted molar refractivity (Wildman–Crippen MR) is 143 cm³/mol. The zero-order valence-corrected chi connectivity index (χ0v) is 21.8. The number of carbonyl (C=O) groups excluding carboxylic acids is 1. The molecule has 1 amide bonds. The predicted octanol–water partition coefficient (Wildman–Crippen LogP) is 2.67. The molecule has 12 heteroatoms. The number of benzene rings is 2. The average Bonchev–Trinajstić information content (AvgIpc) is 3.45. The molecule has 0 unspecified atom stereocenters. The van der Waals surface area contributed by atoms with Gasteiger partial charge in [0.15, 0.2) is 11.6 Å². The molecule has 204 valence electrons. The molecule has 1 atom stereocenters. The number of hydrogen-bond donors (Lipinski definition) is 3. The fourth-order valence-corrected chi connectivity index (χ4v) is 4.99. The van der Waals surface area contributed by atoms with Crippen molar-refractivity contribution >= 4 is 28.3 Å². The van der Waals surface area contributed by atoms with Crippen LogP contribution in [0.25, 0.3) is 16.7 Å². The lowest BCUT2D eigenvalue weighted by atomic mass is 10.0. The number of anilines is 2. The molecule has 2 aromatic carbocycles. The average molecular weight is 538 g/mol. The minimum Gasteiger partial charge on any atom is -0.394 e. The van der Waals surface area contributed by atoms with E-state index in [1.807, 2.05) is 36.4 Å². The van der Waals surface area contributed by atoms with Crippen LogP contribution in [0.5, 0.6) is 0 Å². The van der Waals surface area contributed by atoms with Crippen LogP contribution in [-0.4, -0.2) is 55.6 Å². The summed E-state index contributed by atoms with van der Waals surface area (Å²) in [7, 11) is 1.92. The molecule has 4 N–H and O–H groups in total. The number of aromatic nitrogens is 4. The van der Waals surface area contributed by atoms with Gasteiger partial charge in [0, 0.05) is 32.1 Å². The number of fused-ring (bicyclic) bond motifs is 1. The third-order valence-corrected chi connectivity index (χ3v) is 7.02. The number of aliphatic hydroxyl groups is 1. The molecule has 3 heterocycles. The van der Waals surface area contributed by atoms with Crippen molar-refractivity contribution < 1.29 is 18.7 Å². The highest BCUT2D eigenvalue weighted by Crippen LogP contribution is 2.38. The Kier molecular flexibility index (Phi) is 6.69. The number of para-hydroxylation sites is 1. The molecule has 0 spiro atoms. The Balaban J connectivity index is 1.58. The van der Waals surface area contributed by atoms with E-state index in [1.54, 1.807) is 6.07 Å². The minimum atomic E-state index is -0.991. The van der Waals surface area contributed by atoms with Crippen molar-refractivity contribution in [1.29, 1.82) is 0 Å². The molecule has 0 aliphatic carbocycles. The van der Waals surface area contributed by atoms with Gasteiger partial charge in [-0.15, -0.1) is 0 Å². The Morgan fingerprint density at radius 3 is 2.51 bits per heavy atom. The summed E-state index contributed by atoms with van der Waals surface area (Å²) < 4.78 is 31.3. The van der Waals surface area contributed by atoms with Crippen molar-refractivity contribution in [2.45, 2.75) is 31.7 Å². The second-order valence-electron chi connectivity index (χ2n) is 10.2. The standard InChI is InChI=1S/C27H29F2N7O3/c1-15(2)25-32-22-20(34(25)3)9-7-18(24(22)35-12-11-27(30,13-35)14-37)31-26(39)19-8-10-21(38)36(33-19)23-16(28)5-4-6-17(23)29/h4-10,15,37H,11-14,30H2,1-3H3,(H,31,39)/t27-/m1/s1. The van der Waals surface area contributed by atoms with E-state index in [2.05, 4.69) is 10.4 Å². The Labute approximate surface area is 222 Å². The molecule has 0 saturated carbocycles. The molecule has 1 fully saturated rings. The van der Waals surface area contributed by atoms with Gasteiger partial charge in [0.05, 0.1) is 29.0 Å². The van der Waals surface area contributed by atoms with Gasteiger partial charge in [0.1, 0.15) is 22.7 Å². The zero-order chi connectivity index (χ0) is 28.1. The molecular formula is C27H29F2N7O3. The van der Waals surface area contributed by atoms with Crippen LogP contribution in [0.15, 0.2) is 47.3 Å². The number of nitrogens with zero attached hydrogens (tertiary/aromatic N) is 5. The first-order valence-corrected chi connectivity index (χ1v) is 12.5. The molecule has 2 aromatic heterocycles. The number of aliphatic hydroxyl groups excluding tert-OH is 1. The molecule has 39 heavy (non-hydrogen) atoms. The van der Waals surface area contributed by atoms with Crippen LogP contribution < -0.4 is 21.5 Å². The molecule has 4 aromatic rings. The van der Waals surface area contributed by atoms with Crippen LogP contribution in [0.4, 0.5) is 20.2 Å². The normalized spacial score (nSPS) is 17.4. The number of nitrogens with two attached hydrogens (primary N) is 1. The van der Waals surface area contributed by atoms with Gasteiger partial charge in [0.25, 0.3) is 11.5 Å². The SMILES string of the molecule is CC(C)c1nc2c(N3CC[C@](N)(CO)C3)c(NC(=O)c3ccc(=O)n(-c4c(F)cccc4F)n3)ccc2n1C. The molecule has 5 rings (SSSR count). The van der Waals surface area contributed by atoms with Crippen LogP contribution in [0, 0.1) is 11.6 Å². The van der Waals surface area contributed by atoms with Gasteiger partial charge in [-0.3, -0.25) is 9.59 Å². The summed E-state index contributed by atoms with van der Waals surface area (Å²) in [5, 5.41) is 16.6. The molecule has 1 aliphatic heterocycles. The van der Waals surface area contributed by atoms with Crippen LogP contribution in [-0.2, 0) is 7.05 Å². The van der Waals surface area contributed by atoms with Crippen molar-refractivity contribution in [2.75, 3.05) is 29.9 Å². The van der Waals surface area contributed by atoms with E-state index < -0.39 is 34.3 Å². The maximum absolute atomic E-state index is 14.4. The van der Waals surface area contributed by atoms with Gasteiger partial charge < -0.3 is 25.6 Å². The lowest BCUT2D eigenvalue weighted by Gasteiger charge is -2.25. The lowest BCUT2D eigenvalue weighted by Crippen LogP contribution is -2.46. The fourth-order valence-electron chi connectivity index (χ4n) is 4.99.